The highest BCUT2D eigenvalue weighted by atomic mass is 16.5. The number of methoxy groups -OCH3 is 2. The third kappa shape index (κ3) is 3.40. The Kier molecular flexibility index (Phi) is 4.56. The van der Waals surface area contributed by atoms with Crippen LogP contribution in [0.15, 0.2) is 58.1 Å². The van der Waals surface area contributed by atoms with Crippen LogP contribution < -0.4 is 20.3 Å². The van der Waals surface area contributed by atoms with Crippen LogP contribution in [0.1, 0.15) is 10.4 Å². The van der Waals surface area contributed by atoms with Gasteiger partial charge in [-0.25, -0.2) is 0 Å². The molecule has 0 saturated carbocycles. The summed E-state index contributed by atoms with van der Waals surface area (Å²) < 4.78 is 15.8. The van der Waals surface area contributed by atoms with E-state index < -0.39 is 5.91 Å². The van der Waals surface area contributed by atoms with Crippen molar-refractivity contribution in [3.8, 4) is 11.5 Å². The zero-order chi connectivity index (χ0) is 17.8. The summed E-state index contributed by atoms with van der Waals surface area (Å²) in [6.45, 7) is 0. The van der Waals surface area contributed by atoms with Crippen LogP contribution in [-0.4, -0.2) is 25.3 Å². The molecule has 0 aliphatic carbocycles. The van der Waals surface area contributed by atoms with E-state index in [0.717, 1.165) is 0 Å². The first-order valence-corrected chi connectivity index (χ1v) is 7.40. The van der Waals surface area contributed by atoms with Crippen LogP contribution in [0.3, 0.4) is 0 Å². The fraction of sp³-hybridized carbons (Fsp3) is 0.111. The van der Waals surface area contributed by atoms with Crippen LogP contribution in [0.2, 0.25) is 0 Å². The summed E-state index contributed by atoms with van der Waals surface area (Å²) in [5, 5.41) is 15.6. The SMILES string of the molecule is COc1cccc(NC(=O)c2cc3cc(OC)ccc3o/c2=N/O)c1. The summed E-state index contributed by atoms with van der Waals surface area (Å²) in [4.78, 5) is 12.6. The van der Waals surface area contributed by atoms with Crippen molar-refractivity contribution in [1.29, 1.82) is 0 Å². The Morgan fingerprint density at radius 3 is 2.56 bits per heavy atom. The number of carbonyl (C=O) groups excluding carboxylic acids is 1. The molecule has 0 radical (unpaired) electrons. The van der Waals surface area contributed by atoms with Crippen molar-refractivity contribution >= 4 is 22.6 Å². The summed E-state index contributed by atoms with van der Waals surface area (Å²) in [6, 6.07) is 13.6. The summed E-state index contributed by atoms with van der Waals surface area (Å²) >= 11 is 0. The molecule has 1 heterocycles. The number of rotatable bonds is 4. The van der Waals surface area contributed by atoms with Crippen molar-refractivity contribution in [3.05, 3.63) is 59.6 Å². The average Bonchev–Trinajstić information content (AvgIpc) is 2.66. The first-order chi connectivity index (χ1) is 12.1. The number of amides is 1. The second-order valence-electron chi connectivity index (χ2n) is 5.16. The number of benzene rings is 2. The number of fused-ring (bicyclic) bond motifs is 1. The number of nitrogens with one attached hydrogen (secondary N) is 1. The van der Waals surface area contributed by atoms with Gasteiger partial charge in [-0.3, -0.25) is 4.79 Å². The highest BCUT2D eigenvalue weighted by Crippen LogP contribution is 2.21. The van der Waals surface area contributed by atoms with E-state index in [1.54, 1.807) is 62.8 Å². The smallest absolute Gasteiger partial charge is 0.268 e. The Balaban J connectivity index is 2.02. The van der Waals surface area contributed by atoms with Crippen molar-refractivity contribution in [1.82, 2.24) is 0 Å². The van der Waals surface area contributed by atoms with Crippen molar-refractivity contribution in [2.75, 3.05) is 19.5 Å². The van der Waals surface area contributed by atoms with E-state index in [0.29, 0.717) is 28.2 Å². The van der Waals surface area contributed by atoms with Crippen LogP contribution in [0, 0.1) is 0 Å². The lowest BCUT2D eigenvalue weighted by Crippen LogP contribution is -2.21. The molecule has 0 unspecified atom stereocenters. The summed E-state index contributed by atoms with van der Waals surface area (Å²) in [5.74, 6) is 0.753. The van der Waals surface area contributed by atoms with Crippen molar-refractivity contribution in [3.63, 3.8) is 0 Å². The number of nitrogens with zero attached hydrogens (tertiary/aromatic N) is 1. The highest BCUT2D eigenvalue weighted by molar-refractivity contribution is 6.05. The van der Waals surface area contributed by atoms with Gasteiger partial charge in [0.25, 0.3) is 11.5 Å². The predicted molar refractivity (Wildman–Crippen MR) is 91.1 cm³/mol. The van der Waals surface area contributed by atoms with Gasteiger partial charge in [0.05, 0.1) is 14.2 Å². The number of ether oxygens (including phenoxy) is 2. The van der Waals surface area contributed by atoms with Gasteiger partial charge in [0.2, 0.25) is 0 Å². The van der Waals surface area contributed by atoms with E-state index in [1.165, 1.54) is 0 Å². The minimum atomic E-state index is -0.477. The molecule has 3 rings (SSSR count). The fourth-order valence-electron chi connectivity index (χ4n) is 2.37. The maximum Gasteiger partial charge on any atom is 0.268 e. The minimum Gasteiger partial charge on any atom is -0.497 e. The van der Waals surface area contributed by atoms with Crippen molar-refractivity contribution in [2.24, 2.45) is 5.16 Å². The molecule has 2 N–H and O–H groups in total. The molecule has 0 atom stereocenters. The maximum atomic E-state index is 12.6. The first kappa shape index (κ1) is 16.4. The second kappa shape index (κ2) is 6.96. The third-order valence-electron chi connectivity index (χ3n) is 3.62. The standard InChI is InChI=1S/C18H16N2O5/c1-23-13-5-3-4-12(10-13)19-17(21)15-9-11-8-14(24-2)6-7-16(11)25-18(15)20-22/h3-10,22H,1-2H3,(H,19,21)/b20-18+. The molecule has 0 saturated heterocycles. The van der Waals surface area contributed by atoms with Crippen LogP contribution in [0.25, 0.3) is 11.0 Å². The molecule has 128 valence electrons. The van der Waals surface area contributed by atoms with E-state index in [9.17, 15) is 10.0 Å². The zero-order valence-electron chi connectivity index (χ0n) is 13.6. The molecule has 25 heavy (non-hydrogen) atoms. The Morgan fingerprint density at radius 2 is 1.84 bits per heavy atom. The van der Waals surface area contributed by atoms with Gasteiger partial charge in [0.1, 0.15) is 22.6 Å². The normalized spacial score (nSPS) is 11.4. The van der Waals surface area contributed by atoms with E-state index in [-0.39, 0.29) is 11.1 Å². The van der Waals surface area contributed by atoms with Crippen LogP contribution in [0.4, 0.5) is 5.69 Å². The molecule has 0 spiro atoms. The molecule has 1 amide bonds. The lowest BCUT2D eigenvalue weighted by molar-refractivity contribution is 0.102. The van der Waals surface area contributed by atoms with Gasteiger partial charge in [-0.1, -0.05) is 6.07 Å². The van der Waals surface area contributed by atoms with Crippen LogP contribution in [0.5, 0.6) is 11.5 Å². The second-order valence-corrected chi connectivity index (χ2v) is 5.16. The topological polar surface area (TPSA) is 93.3 Å². The van der Waals surface area contributed by atoms with Gasteiger partial charge in [0.15, 0.2) is 0 Å². The predicted octanol–water partition coefficient (Wildman–Crippen LogP) is 2.99. The van der Waals surface area contributed by atoms with E-state index in [4.69, 9.17) is 13.9 Å². The molecule has 0 aliphatic rings. The molecule has 2 aromatic carbocycles. The van der Waals surface area contributed by atoms with Gasteiger partial charge < -0.3 is 24.4 Å². The van der Waals surface area contributed by atoms with Crippen LogP contribution in [-0.2, 0) is 0 Å². The first-order valence-electron chi connectivity index (χ1n) is 7.40. The highest BCUT2D eigenvalue weighted by Gasteiger charge is 2.14. The quantitative estimate of drug-likeness (QED) is 0.562. The molecule has 0 fully saturated rings. The summed E-state index contributed by atoms with van der Waals surface area (Å²) in [7, 11) is 3.09. The minimum absolute atomic E-state index is 0.0890. The zero-order valence-corrected chi connectivity index (χ0v) is 13.6. The molecule has 1 aromatic heterocycles. The number of hydrogen-bond donors (Lipinski definition) is 2. The molecule has 3 aromatic rings. The summed E-state index contributed by atoms with van der Waals surface area (Å²) in [5.41, 5.74) is 0.912. The van der Waals surface area contributed by atoms with E-state index >= 15 is 0 Å². The Labute approximate surface area is 143 Å². The van der Waals surface area contributed by atoms with Gasteiger partial charge in [-0.05, 0) is 41.6 Å². The molecule has 7 nitrogen and oxygen atoms in total. The molecule has 7 heteroatoms. The Bertz CT molecular complexity index is 994. The number of carbonyl (C=O) groups is 1. The lowest BCUT2D eigenvalue weighted by Gasteiger charge is -2.08. The third-order valence-corrected chi connectivity index (χ3v) is 3.62. The van der Waals surface area contributed by atoms with Crippen LogP contribution >= 0.6 is 0 Å². The molecular formula is C18H16N2O5. The van der Waals surface area contributed by atoms with Crippen molar-refractivity contribution < 1.29 is 23.9 Å². The Morgan fingerprint density at radius 1 is 1.08 bits per heavy atom. The van der Waals surface area contributed by atoms with Gasteiger partial charge in [-0.15, -0.1) is 0 Å². The van der Waals surface area contributed by atoms with E-state index in [1.807, 2.05) is 0 Å². The summed E-state index contributed by atoms with van der Waals surface area (Å²) in [6.07, 6.45) is 0. The molecule has 0 aliphatic heterocycles. The van der Waals surface area contributed by atoms with Gasteiger partial charge in [0, 0.05) is 17.1 Å². The van der Waals surface area contributed by atoms with Gasteiger partial charge >= 0.3 is 0 Å². The average molecular weight is 340 g/mol. The number of hydrogen-bond acceptors (Lipinski definition) is 6. The van der Waals surface area contributed by atoms with Gasteiger partial charge in [-0.2, -0.15) is 0 Å². The largest absolute Gasteiger partial charge is 0.497 e. The number of anilines is 1. The lowest BCUT2D eigenvalue weighted by atomic mass is 10.1. The molecule has 0 bridgehead atoms. The molecular weight excluding hydrogens is 324 g/mol. The van der Waals surface area contributed by atoms with E-state index in [2.05, 4.69) is 10.5 Å². The fourth-order valence-corrected chi connectivity index (χ4v) is 2.37. The maximum absolute atomic E-state index is 12.6. The Hall–Kier alpha value is -3.48. The van der Waals surface area contributed by atoms with Crippen molar-refractivity contribution in [2.45, 2.75) is 0 Å². The monoisotopic (exact) mass is 340 g/mol.